The zero-order chi connectivity index (χ0) is 20.8. The summed E-state index contributed by atoms with van der Waals surface area (Å²) in [7, 11) is 1.82. The number of thiazole rings is 1. The van der Waals surface area contributed by atoms with Gasteiger partial charge in [0, 0.05) is 25.0 Å². The fourth-order valence-corrected chi connectivity index (χ4v) is 6.98. The molecule has 0 amide bonds. The van der Waals surface area contributed by atoms with Crippen LogP contribution in [0.4, 0.5) is 5.13 Å². The first-order chi connectivity index (χ1) is 13.7. The number of nitrogens with zero attached hydrogens (tertiary/aromatic N) is 3. The maximum Gasteiger partial charge on any atom is 0.337 e. The van der Waals surface area contributed by atoms with Crippen molar-refractivity contribution in [1.82, 2.24) is 9.99 Å². The lowest BCUT2D eigenvalue weighted by Crippen LogP contribution is -2.29. The molecule has 2 aromatic rings. The molecule has 3 N–H and O–H groups in total. The SMILES string of the molecule is CN(N)Cc1nc(N2CCCCC2)sc1-c1sc2c(c1C(=O)O)CC(C)(C)CC2. The van der Waals surface area contributed by atoms with Crippen LogP contribution in [0.2, 0.25) is 0 Å². The van der Waals surface area contributed by atoms with Gasteiger partial charge in [-0.1, -0.05) is 25.2 Å². The first kappa shape index (κ1) is 20.8. The van der Waals surface area contributed by atoms with Crippen LogP contribution in [0.25, 0.3) is 9.75 Å². The van der Waals surface area contributed by atoms with Crippen LogP contribution in [-0.4, -0.2) is 41.2 Å². The number of piperidine rings is 1. The van der Waals surface area contributed by atoms with Crippen LogP contribution in [0.15, 0.2) is 0 Å². The molecular weight excluding hydrogens is 404 g/mol. The second-order valence-corrected chi connectivity index (χ2v) is 11.2. The molecule has 29 heavy (non-hydrogen) atoms. The number of hydrogen-bond donors (Lipinski definition) is 2. The van der Waals surface area contributed by atoms with Crippen LogP contribution in [0.3, 0.4) is 0 Å². The van der Waals surface area contributed by atoms with Gasteiger partial charge < -0.3 is 10.0 Å². The fourth-order valence-electron chi connectivity index (χ4n) is 4.39. The van der Waals surface area contributed by atoms with Gasteiger partial charge in [0.05, 0.1) is 27.6 Å². The Morgan fingerprint density at radius 2 is 1.97 bits per heavy atom. The molecular formula is C21H30N4O2S2. The van der Waals surface area contributed by atoms with Crippen molar-refractivity contribution in [3.05, 3.63) is 21.7 Å². The summed E-state index contributed by atoms with van der Waals surface area (Å²) in [5, 5.41) is 12.7. The molecule has 1 fully saturated rings. The first-order valence-electron chi connectivity index (χ1n) is 10.3. The van der Waals surface area contributed by atoms with Gasteiger partial charge in [0.2, 0.25) is 0 Å². The second-order valence-electron chi connectivity index (χ2n) is 9.09. The van der Waals surface area contributed by atoms with Crippen molar-refractivity contribution >= 4 is 33.8 Å². The predicted octanol–water partition coefficient (Wildman–Crippen LogP) is 4.38. The summed E-state index contributed by atoms with van der Waals surface area (Å²) in [6.45, 7) is 7.01. The summed E-state index contributed by atoms with van der Waals surface area (Å²) in [4.78, 5) is 22.7. The number of carboxylic acid groups (broad SMARTS) is 1. The lowest BCUT2D eigenvalue weighted by molar-refractivity contribution is 0.0696. The quantitative estimate of drug-likeness (QED) is 0.537. The molecule has 0 bridgehead atoms. The predicted molar refractivity (Wildman–Crippen MR) is 120 cm³/mol. The summed E-state index contributed by atoms with van der Waals surface area (Å²) in [6, 6.07) is 0. The summed E-state index contributed by atoms with van der Waals surface area (Å²) >= 11 is 3.29. The second kappa shape index (κ2) is 7.98. The maximum atomic E-state index is 12.3. The maximum absolute atomic E-state index is 12.3. The molecule has 2 aromatic heterocycles. The van der Waals surface area contributed by atoms with E-state index >= 15 is 0 Å². The molecule has 6 nitrogen and oxygen atoms in total. The molecule has 0 aromatic carbocycles. The Hall–Kier alpha value is -1.48. The monoisotopic (exact) mass is 434 g/mol. The molecule has 4 rings (SSSR count). The van der Waals surface area contributed by atoms with Crippen molar-refractivity contribution in [2.45, 2.75) is 58.9 Å². The minimum absolute atomic E-state index is 0.141. The van der Waals surface area contributed by atoms with Gasteiger partial charge >= 0.3 is 5.97 Å². The molecule has 0 radical (unpaired) electrons. The number of anilines is 1. The molecule has 0 unspecified atom stereocenters. The number of hydrogen-bond acceptors (Lipinski definition) is 7. The van der Waals surface area contributed by atoms with Gasteiger partial charge in [-0.3, -0.25) is 5.84 Å². The van der Waals surface area contributed by atoms with E-state index in [1.54, 1.807) is 27.7 Å². The zero-order valence-electron chi connectivity index (χ0n) is 17.5. The van der Waals surface area contributed by atoms with Crippen LogP contribution in [0.5, 0.6) is 0 Å². The van der Waals surface area contributed by atoms with E-state index in [4.69, 9.17) is 10.8 Å². The Balaban J connectivity index is 1.82. The van der Waals surface area contributed by atoms with E-state index in [0.717, 1.165) is 58.5 Å². The molecule has 0 spiro atoms. The number of nitrogens with two attached hydrogens (primary N) is 1. The third kappa shape index (κ3) is 4.21. The van der Waals surface area contributed by atoms with Gasteiger partial charge in [0.1, 0.15) is 0 Å². The molecule has 2 aliphatic rings. The summed E-state index contributed by atoms with van der Waals surface area (Å²) in [6.07, 6.45) is 6.51. The summed E-state index contributed by atoms with van der Waals surface area (Å²) < 4.78 is 0. The number of aryl methyl sites for hydroxylation is 1. The standard InChI is InChI=1S/C21H30N4O2S2/c1-21(2)8-7-15-13(11-21)16(19(26)27)18(28-15)17-14(12-24(3)22)23-20(29-17)25-9-5-4-6-10-25/h4-12,22H2,1-3H3,(H,26,27). The topological polar surface area (TPSA) is 82.7 Å². The number of hydrazine groups is 1. The van der Waals surface area contributed by atoms with Crippen molar-refractivity contribution in [3.8, 4) is 9.75 Å². The highest BCUT2D eigenvalue weighted by atomic mass is 32.1. The van der Waals surface area contributed by atoms with Gasteiger partial charge in [-0.25, -0.2) is 14.8 Å². The smallest absolute Gasteiger partial charge is 0.337 e. The largest absolute Gasteiger partial charge is 0.478 e. The highest BCUT2D eigenvalue weighted by molar-refractivity contribution is 7.24. The minimum atomic E-state index is -0.824. The number of fused-ring (bicyclic) bond motifs is 1. The number of aromatic carboxylic acids is 1. The number of carbonyl (C=O) groups is 1. The third-order valence-electron chi connectivity index (χ3n) is 5.91. The van der Waals surface area contributed by atoms with Crippen LogP contribution >= 0.6 is 22.7 Å². The van der Waals surface area contributed by atoms with Crippen molar-refractivity contribution in [2.24, 2.45) is 11.3 Å². The Kier molecular flexibility index (Phi) is 5.72. The van der Waals surface area contributed by atoms with Crippen LogP contribution in [0, 0.1) is 5.41 Å². The van der Waals surface area contributed by atoms with E-state index < -0.39 is 5.97 Å². The molecule has 1 aliphatic carbocycles. The van der Waals surface area contributed by atoms with Crippen molar-refractivity contribution in [1.29, 1.82) is 0 Å². The Bertz CT molecular complexity index is 910. The summed E-state index contributed by atoms with van der Waals surface area (Å²) in [5.41, 5.74) is 2.56. The van der Waals surface area contributed by atoms with E-state index in [-0.39, 0.29) is 5.41 Å². The van der Waals surface area contributed by atoms with Crippen molar-refractivity contribution in [2.75, 3.05) is 25.0 Å². The summed E-state index contributed by atoms with van der Waals surface area (Å²) in [5.74, 6) is 5.14. The number of carboxylic acids is 1. The highest BCUT2D eigenvalue weighted by Crippen LogP contribution is 2.48. The Labute approximate surface area is 180 Å². The number of aromatic nitrogens is 1. The normalized spacial score (nSPS) is 18.9. The average molecular weight is 435 g/mol. The van der Waals surface area contributed by atoms with Crippen molar-refractivity contribution in [3.63, 3.8) is 0 Å². The number of rotatable bonds is 5. The van der Waals surface area contributed by atoms with Crippen LogP contribution in [0.1, 0.15) is 66.0 Å². The van der Waals surface area contributed by atoms with E-state index in [2.05, 4.69) is 18.7 Å². The number of thiophene rings is 1. The van der Waals surface area contributed by atoms with Gasteiger partial charge in [0.25, 0.3) is 0 Å². The molecule has 0 saturated carbocycles. The zero-order valence-corrected chi connectivity index (χ0v) is 19.1. The first-order valence-corrected chi connectivity index (χ1v) is 12.0. The van der Waals surface area contributed by atoms with E-state index in [9.17, 15) is 9.90 Å². The Morgan fingerprint density at radius 3 is 2.62 bits per heavy atom. The van der Waals surface area contributed by atoms with Gasteiger partial charge in [0.15, 0.2) is 5.13 Å². The highest BCUT2D eigenvalue weighted by Gasteiger charge is 2.34. The van der Waals surface area contributed by atoms with Gasteiger partial charge in [-0.05, 0) is 49.5 Å². The average Bonchev–Trinajstić information content (AvgIpc) is 3.22. The van der Waals surface area contributed by atoms with Crippen LogP contribution < -0.4 is 10.7 Å². The van der Waals surface area contributed by atoms with E-state index in [0.29, 0.717) is 12.1 Å². The van der Waals surface area contributed by atoms with Crippen LogP contribution in [-0.2, 0) is 19.4 Å². The van der Waals surface area contributed by atoms with E-state index in [1.165, 1.54) is 24.1 Å². The Morgan fingerprint density at radius 1 is 1.24 bits per heavy atom. The van der Waals surface area contributed by atoms with Crippen molar-refractivity contribution < 1.29 is 9.90 Å². The molecule has 0 atom stereocenters. The van der Waals surface area contributed by atoms with E-state index in [1.807, 2.05) is 7.05 Å². The lowest BCUT2D eigenvalue weighted by atomic mass is 9.76. The van der Waals surface area contributed by atoms with Gasteiger partial charge in [-0.15, -0.1) is 11.3 Å². The molecule has 1 saturated heterocycles. The molecule has 3 heterocycles. The molecule has 1 aliphatic heterocycles. The lowest BCUT2D eigenvalue weighted by Gasteiger charge is -2.29. The molecule has 158 valence electrons. The van der Waals surface area contributed by atoms with Gasteiger partial charge in [-0.2, -0.15) is 0 Å². The third-order valence-corrected chi connectivity index (χ3v) is 8.52. The molecule has 8 heteroatoms. The minimum Gasteiger partial charge on any atom is -0.478 e. The fraction of sp³-hybridized carbons (Fsp3) is 0.619.